The molecule has 92 valence electrons. The van der Waals surface area contributed by atoms with E-state index >= 15 is 0 Å². The van der Waals surface area contributed by atoms with Gasteiger partial charge in [0.2, 0.25) is 0 Å². The minimum atomic E-state index is -1.06. The lowest BCUT2D eigenvalue weighted by Crippen LogP contribution is -2.57. The number of carboxylic acid groups (broad SMARTS) is 1. The Balaban J connectivity index is 2.77. The van der Waals surface area contributed by atoms with Gasteiger partial charge in [-0.1, -0.05) is 0 Å². The maximum Gasteiger partial charge on any atom is 0.407 e. The van der Waals surface area contributed by atoms with E-state index in [2.05, 4.69) is 0 Å². The normalized spacial score (nSPS) is 21.0. The van der Waals surface area contributed by atoms with Gasteiger partial charge < -0.3 is 5.11 Å². The van der Waals surface area contributed by atoms with Crippen molar-refractivity contribution in [1.82, 2.24) is 9.91 Å². The van der Waals surface area contributed by atoms with Gasteiger partial charge in [-0.15, -0.1) is 0 Å². The van der Waals surface area contributed by atoms with Gasteiger partial charge in [0, 0.05) is 6.54 Å². The molecule has 1 aliphatic rings. The number of hydrogen-bond donors (Lipinski definition) is 2. The molecule has 1 fully saturated rings. The zero-order valence-corrected chi connectivity index (χ0v) is 9.93. The molecule has 16 heavy (non-hydrogen) atoms. The Morgan fingerprint density at radius 3 is 2.44 bits per heavy atom. The van der Waals surface area contributed by atoms with Crippen LogP contribution in [0.2, 0.25) is 0 Å². The smallest absolute Gasteiger partial charge is 0.407 e. The molecule has 0 saturated carbocycles. The van der Waals surface area contributed by atoms with E-state index in [-0.39, 0.29) is 5.91 Å². The fraction of sp³-hybridized carbons (Fsp3) is 0.800. The first-order valence-corrected chi connectivity index (χ1v) is 5.33. The largest absolute Gasteiger partial charge is 0.465 e. The molecule has 0 spiro atoms. The number of hydrogen-bond acceptors (Lipinski definition) is 3. The molecule has 3 N–H and O–H groups in total. The second kappa shape index (κ2) is 4.29. The summed E-state index contributed by atoms with van der Waals surface area (Å²) in [4.78, 5) is 24.1. The van der Waals surface area contributed by atoms with E-state index in [1.54, 1.807) is 0 Å². The molecule has 0 radical (unpaired) electrons. The first-order valence-electron chi connectivity index (χ1n) is 5.33. The van der Waals surface area contributed by atoms with Crippen molar-refractivity contribution in [2.45, 2.75) is 45.2 Å². The SMILES string of the molecule is CC(C)(C)N(N)C(=O)C1CCCN1C(=O)O. The average molecular weight is 229 g/mol. The highest BCUT2D eigenvalue weighted by Crippen LogP contribution is 2.21. The monoisotopic (exact) mass is 229 g/mol. The fourth-order valence-corrected chi connectivity index (χ4v) is 1.74. The average Bonchev–Trinajstić information content (AvgIpc) is 2.62. The molecule has 6 heteroatoms. The zero-order valence-electron chi connectivity index (χ0n) is 9.93. The molecule has 0 aromatic carbocycles. The Bertz CT molecular complexity index is 298. The van der Waals surface area contributed by atoms with E-state index < -0.39 is 17.7 Å². The van der Waals surface area contributed by atoms with Gasteiger partial charge in [0.25, 0.3) is 5.91 Å². The quantitative estimate of drug-likeness (QED) is 0.392. The molecule has 1 atom stereocenters. The summed E-state index contributed by atoms with van der Waals surface area (Å²) in [6, 6.07) is -0.623. The number of nitrogens with zero attached hydrogens (tertiary/aromatic N) is 2. The molecule has 1 unspecified atom stereocenters. The van der Waals surface area contributed by atoms with Crippen LogP contribution < -0.4 is 5.84 Å². The van der Waals surface area contributed by atoms with Crippen LogP contribution in [0.4, 0.5) is 4.79 Å². The van der Waals surface area contributed by atoms with Crippen molar-refractivity contribution < 1.29 is 14.7 Å². The van der Waals surface area contributed by atoms with Crippen molar-refractivity contribution in [3.8, 4) is 0 Å². The molecular formula is C10H19N3O3. The summed E-state index contributed by atoms with van der Waals surface area (Å²) in [6.45, 7) is 5.84. The van der Waals surface area contributed by atoms with Crippen LogP contribution in [0.15, 0.2) is 0 Å². The van der Waals surface area contributed by atoms with Gasteiger partial charge in [0.1, 0.15) is 6.04 Å². The number of rotatable bonds is 1. The van der Waals surface area contributed by atoms with Crippen molar-refractivity contribution in [2.75, 3.05) is 6.54 Å². The first-order chi connectivity index (χ1) is 7.25. The third kappa shape index (κ3) is 2.44. The molecule has 0 aromatic rings. The molecule has 1 heterocycles. The van der Waals surface area contributed by atoms with Gasteiger partial charge in [-0.05, 0) is 33.6 Å². The predicted octanol–water partition coefficient (Wildman–Crippen LogP) is 0.630. The highest BCUT2D eigenvalue weighted by molar-refractivity contribution is 5.85. The van der Waals surface area contributed by atoms with E-state index in [0.717, 1.165) is 9.91 Å². The van der Waals surface area contributed by atoms with E-state index in [4.69, 9.17) is 10.9 Å². The van der Waals surface area contributed by atoms with Crippen LogP contribution in [0, 0.1) is 0 Å². The summed E-state index contributed by atoms with van der Waals surface area (Å²) in [5.41, 5.74) is -0.496. The van der Waals surface area contributed by atoms with Crippen LogP contribution in [-0.2, 0) is 4.79 Å². The zero-order chi connectivity index (χ0) is 12.5. The minimum absolute atomic E-state index is 0.326. The fourth-order valence-electron chi connectivity index (χ4n) is 1.74. The van der Waals surface area contributed by atoms with Gasteiger partial charge in [-0.2, -0.15) is 0 Å². The summed E-state index contributed by atoms with van der Waals surface area (Å²) >= 11 is 0. The number of nitrogens with two attached hydrogens (primary N) is 1. The van der Waals surface area contributed by atoms with Crippen LogP contribution in [0.5, 0.6) is 0 Å². The van der Waals surface area contributed by atoms with Crippen LogP contribution >= 0.6 is 0 Å². The van der Waals surface area contributed by atoms with Crippen molar-refractivity contribution in [1.29, 1.82) is 0 Å². The number of carbonyl (C=O) groups excluding carboxylic acids is 1. The number of amides is 2. The van der Waals surface area contributed by atoms with Crippen LogP contribution in [0.3, 0.4) is 0 Å². The predicted molar refractivity (Wildman–Crippen MR) is 58.5 cm³/mol. The molecule has 2 amide bonds. The molecule has 0 aromatic heterocycles. The van der Waals surface area contributed by atoms with Crippen molar-refractivity contribution in [3.63, 3.8) is 0 Å². The number of hydrazine groups is 1. The van der Waals surface area contributed by atoms with E-state index in [1.165, 1.54) is 0 Å². The number of carbonyl (C=O) groups is 2. The summed E-state index contributed by atoms with van der Waals surface area (Å²) in [5.74, 6) is 5.37. The second-order valence-electron chi connectivity index (χ2n) is 5.01. The summed E-state index contributed by atoms with van der Waals surface area (Å²) in [7, 11) is 0. The summed E-state index contributed by atoms with van der Waals surface area (Å²) in [5, 5.41) is 10.1. The van der Waals surface area contributed by atoms with Crippen LogP contribution in [-0.4, -0.2) is 45.1 Å². The van der Waals surface area contributed by atoms with E-state index in [0.29, 0.717) is 19.4 Å². The minimum Gasteiger partial charge on any atom is -0.465 e. The molecule has 0 aliphatic carbocycles. The highest BCUT2D eigenvalue weighted by atomic mass is 16.4. The Morgan fingerprint density at radius 1 is 1.44 bits per heavy atom. The Labute approximate surface area is 95.0 Å². The lowest BCUT2D eigenvalue weighted by atomic mass is 10.1. The summed E-state index contributed by atoms with van der Waals surface area (Å²) < 4.78 is 0. The molecular weight excluding hydrogens is 210 g/mol. The Kier molecular flexibility index (Phi) is 3.42. The summed E-state index contributed by atoms with van der Waals surface area (Å²) in [6.07, 6.45) is 0.202. The lowest BCUT2D eigenvalue weighted by Gasteiger charge is -2.34. The van der Waals surface area contributed by atoms with Gasteiger partial charge >= 0.3 is 6.09 Å². The maximum atomic E-state index is 12.0. The van der Waals surface area contributed by atoms with Crippen LogP contribution in [0.1, 0.15) is 33.6 Å². The van der Waals surface area contributed by atoms with Gasteiger partial charge in [-0.3, -0.25) is 14.7 Å². The standard InChI is InChI=1S/C10H19N3O3/c1-10(2,3)13(11)8(14)7-5-4-6-12(7)9(15)16/h7H,4-6,11H2,1-3H3,(H,15,16). The van der Waals surface area contributed by atoms with Crippen molar-refractivity contribution in [2.24, 2.45) is 5.84 Å². The van der Waals surface area contributed by atoms with Crippen LogP contribution in [0.25, 0.3) is 0 Å². The van der Waals surface area contributed by atoms with Gasteiger partial charge in [-0.25, -0.2) is 10.6 Å². The third-order valence-corrected chi connectivity index (χ3v) is 2.74. The second-order valence-corrected chi connectivity index (χ2v) is 5.01. The molecule has 6 nitrogen and oxygen atoms in total. The van der Waals surface area contributed by atoms with E-state index in [9.17, 15) is 9.59 Å². The molecule has 1 saturated heterocycles. The van der Waals surface area contributed by atoms with E-state index in [1.807, 2.05) is 20.8 Å². The third-order valence-electron chi connectivity index (χ3n) is 2.74. The molecule has 1 aliphatic heterocycles. The first kappa shape index (κ1) is 12.8. The molecule has 1 rings (SSSR count). The maximum absolute atomic E-state index is 12.0. The highest BCUT2D eigenvalue weighted by Gasteiger charge is 2.38. The molecule has 0 bridgehead atoms. The van der Waals surface area contributed by atoms with Crippen molar-refractivity contribution in [3.05, 3.63) is 0 Å². The van der Waals surface area contributed by atoms with Crippen molar-refractivity contribution >= 4 is 12.0 Å². The lowest BCUT2D eigenvalue weighted by molar-refractivity contribution is -0.140. The Morgan fingerprint density at radius 2 is 2.00 bits per heavy atom. The van der Waals surface area contributed by atoms with Gasteiger partial charge in [0.05, 0.1) is 5.54 Å². The number of likely N-dealkylation sites (tertiary alicyclic amines) is 1. The Hall–Kier alpha value is -1.30. The topological polar surface area (TPSA) is 86.9 Å². The van der Waals surface area contributed by atoms with Gasteiger partial charge in [0.15, 0.2) is 0 Å².